The summed E-state index contributed by atoms with van der Waals surface area (Å²) >= 11 is 2.25. The van der Waals surface area contributed by atoms with Crippen molar-refractivity contribution in [2.75, 3.05) is 0 Å². The van der Waals surface area contributed by atoms with Gasteiger partial charge in [-0.3, -0.25) is 4.79 Å². The van der Waals surface area contributed by atoms with Crippen LogP contribution in [0.25, 0.3) is 0 Å². The lowest BCUT2D eigenvalue weighted by molar-refractivity contribution is -0.118. The van der Waals surface area contributed by atoms with Gasteiger partial charge in [-0.1, -0.05) is 157 Å². The number of allylic oxidation sites excluding steroid dienone is 19. The molecule has 0 bridgehead atoms. The quantitative estimate of drug-likeness (QED) is 0.0979. The van der Waals surface area contributed by atoms with Crippen LogP contribution in [0.5, 0.6) is 0 Å². The zero-order valence-corrected chi connectivity index (χ0v) is 29.9. The number of ketones is 1. The molecule has 234 valence electrons. The number of hydrogen-bond acceptors (Lipinski definition) is 3. The lowest BCUT2D eigenvalue weighted by atomic mass is 9.71. The van der Waals surface area contributed by atoms with Crippen molar-refractivity contribution in [2.24, 2.45) is 10.8 Å². The normalized spacial score (nSPS) is 27.7. The summed E-state index contributed by atoms with van der Waals surface area (Å²) in [6, 6.07) is 0. The Balaban J connectivity index is 1.89. The number of halogens is 1. The maximum absolute atomic E-state index is 12.9. The number of rotatable bonds is 11. The van der Waals surface area contributed by atoms with E-state index in [4.69, 9.17) is 0 Å². The van der Waals surface area contributed by atoms with Gasteiger partial charge in [-0.2, -0.15) is 0 Å². The largest absolute Gasteiger partial charge is 0.393 e. The molecule has 4 heteroatoms. The molecule has 3 atom stereocenters. The van der Waals surface area contributed by atoms with Crippen LogP contribution in [-0.4, -0.2) is 31.6 Å². The second-order valence-corrected chi connectivity index (χ2v) is 15.5. The maximum atomic E-state index is 12.9. The average molecular weight is 697 g/mol. The molecule has 2 aliphatic rings. The maximum Gasteiger partial charge on any atom is 0.172 e. The molecule has 0 aromatic rings. The van der Waals surface area contributed by atoms with Crippen LogP contribution in [0.1, 0.15) is 88.0 Å². The molecule has 2 aliphatic carbocycles. The Morgan fingerprint density at radius 3 is 1.67 bits per heavy atom. The summed E-state index contributed by atoms with van der Waals surface area (Å²) in [6.07, 6.45) is 30.6. The third-order valence-electron chi connectivity index (χ3n) is 8.48. The Morgan fingerprint density at radius 1 is 0.698 bits per heavy atom. The topological polar surface area (TPSA) is 57.5 Å². The molecule has 0 saturated heterocycles. The first-order valence-electron chi connectivity index (χ1n) is 15.3. The second-order valence-electron chi connectivity index (χ2n) is 13.7. The van der Waals surface area contributed by atoms with E-state index in [-0.39, 0.29) is 22.7 Å². The van der Waals surface area contributed by atoms with Gasteiger partial charge in [-0.05, 0) is 82.8 Å². The summed E-state index contributed by atoms with van der Waals surface area (Å²) < 4.78 is -0.562. The Hall–Kier alpha value is -2.28. The van der Waals surface area contributed by atoms with E-state index in [1.165, 1.54) is 16.7 Å². The monoisotopic (exact) mass is 696 g/mol. The highest BCUT2D eigenvalue weighted by Gasteiger charge is 2.54. The van der Waals surface area contributed by atoms with Crippen LogP contribution < -0.4 is 0 Å². The van der Waals surface area contributed by atoms with Crippen molar-refractivity contribution in [3.05, 3.63) is 119 Å². The summed E-state index contributed by atoms with van der Waals surface area (Å²) in [5.74, 6) is 0.0720. The van der Waals surface area contributed by atoms with Gasteiger partial charge in [0.2, 0.25) is 0 Å². The van der Waals surface area contributed by atoms with Crippen LogP contribution >= 0.6 is 22.6 Å². The van der Waals surface area contributed by atoms with Crippen LogP contribution in [0, 0.1) is 10.8 Å². The smallest absolute Gasteiger partial charge is 0.172 e. The molecule has 2 N–H and O–H groups in total. The predicted molar refractivity (Wildman–Crippen MR) is 193 cm³/mol. The van der Waals surface area contributed by atoms with Gasteiger partial charge in [0, 0.05) is 0 Å². The van der Waals surface area contributed by atoms with Gasteiger partial charge >= 0.3 is 0 Å². The fourth-order valence-electron chi connectivity index (χ4n) is 5.93. The molecule has 0 spiro atoms. The van der Waals surface area contributed by atoms with Gasteiger partial charge in [0.25, 0.3) is 0 Å². The molecule has 0 radical (unpaired) electrons. The number of carbonyl (C=O) groups is 1. The standard InChI is InChI=1S/C39H53IO3/c1-28(16-12-18-30(3)20-22-35-32(5)24-33(41)25-37(35,6)7)14-10-11-15-29(2)17-13-19-31(4)21-23-36(43)39(40)27-34(42)26-38(39,8)9/h10-23,33-34,41-42H,24-27H2,1-9H3/b11-10+,16-12+,17-13+,22-20+,23-21+,28-14+,29-15+,30-18+,31-19+/t33-,34+,39-/m1/s1. The van der Waals surface area contributed by atoms with Crippen LogP contribution in [0.4, 0.5) is 0 Å². The van der Waals surface area contributed by atoms with Crippen molar-refractivity contribution >= 4 is 28.4 Å². The summed E-state index contributed by atoms with van der Waals surface area (Å²) in [5.41, 5.74) is 6.86. The Labute approximate surface area is 275 Å². The van der Waals surface area contributed by atoms with Crippen molar-refractivity contribution in [1.29, 1.82) is 0 Å². The van der Waals surface area contributed by atoms with E-state index in [0.717, 1.165) is 29.6 Å². The van der Waals surface area contributed by atoms with Gasteiger partial charge in [-0.15, -0.1) is 0 Å². The molecule has 2 rings (SSSR count). The SMILES string of the molecule is CC1=C(/C=C/C(C)=C/C=C/C(C)=C/C=C/C=C(C)/C=C/C=C(C)/C=C/C(=O)[C@]2(I)C[C@@H](O)CC2(C)C)C(C)(C)C[C@H](O)C1. The first-order chi connectivity index (χ1) is 20.0. The summed E-state index contributed by atoms with van der Waals surface area (Å²) in [5, 5.41) is 20.2. The lowest BCUT2D eigenvalue weighted by Crippen LogP contribution is -2.40. The van der Waals surface area contributed by atoms with Gasteiger partial charge in [0.1, 0.15) is 0 Å². The van der Waals surface area contributed by atoms with E-state index in [0.29, 0.717) is 12.8 Å². The van der Waals surface area contributed by atoms with Crippen molar-refractivity contribution in [3.63, 3.8) is 0 Å². The van der Waals surface area contributed by atoms with Crippen LogP contribution in [0.2, 0.25) is 0 Å². The molecule has 3 nitrogen and oxygen atoms in total. The summed E-state index contributed by atoms with van der Waals surface area (Å²) in [6.45, 7) is 18.9. The van der Waals surface area contributed by atoms with Crippen LogP contribution in [0.15, 0.2) is 119 Å². The van der Waals surface area contributed by atoms with E-state index in [1.807, 2.05) is 43.4 Å². The first kappa shape index (κ1) is 36.9. The third kappa shape index (κ3) is 11.3. The molecular weight excluding hydrogens is 643 g/mol. The number of aliphatic hydroxyl groups excluding tert-OH is 2. The molecule has 0 heterocycles. The highest BCUT2D eigenvalue weighted by molar-refractivity contribution is 14.1. The Kier molecular flexibility index (Phi) is 13.9. The fraction of sp³-hybridized carbons (Fsp3) is 0.462. The minimum atomic E-state index is -0.562. The second kappa shape index (κ2) is 16.2. The average Bonchev–Trinajstić information content (AvgIpc) is 3.10. The third-order valence-corrected chi connectivity index (χ3v) is 10.9. The number of hydrogen-bond donors (Lipinski definition) is 2. The number of aliphatic hydroxyl groups is 2. The van der Waals surface area contributed by atoms with E-state index in [9.17, 15) is 15.0 Å². The van der Waals surface area contributed by atoms with Crippen LogP contribution in [0.3, 0.4) is 0 Å². The molecule has 1 fully saturated rings. The van der Waals surface area contributed by atoms with E-state index < -0.39 is 9.53 Å². The predicted octanol–water partition coefficient (Wildman–Crippen LogP) is 9.97. The van der Waals surface area contributed by atoms with Crippen molar-refractivity contribution in [3.8, 4) is 0 Å². The molecule has 1 saturated carbocycles. The number of alkyl halides is 1. The van der Waals surface area contributed by atoms with Gasteiger partial charge in [0.05, 0.1) is 15.6 Å². The zero-order valence-electron chi connectivity index (χ0n) is 27.7. The molecule has 43 heavy (non-hydrogen) atoms. The minimum Gasteiger partial charge on any atom is -0.393 e. The van der Waals surface area contributed by atoms with Crippen molar-refractivity contribution in [1.82, 2.24) is 0 Å². The van der Waals surface area contributed by atoms with E-state index >= 15 is 0 Å². The molecule has 0 aliphatic heterocycles. The fourth-order valence-corrected chi connectivity index (χ4v) is 6.84. The Bertz CT molecular complexity index is 1320. The van der Waals surface area contributed by atoms with Crippen molar-refractivity contribution in [2.45, 2.75) is 104 Å². The van der Waals surface area contributed by atoms with Crippen molar-refractivity contribution < 1.29 is 15.0 Å². The highest BCUT2D eigenvalue weighted by atomic mass is 127. The summed E-state index contributed by atoms with van der Waals surface area (Å²) in [4.78, 5) is 12.9. The molecule has 0 amide bonds. The minimum absolute atomic E-state index is 0.00551. The molecule has 0 unspecified atom stereocenters. The molecular formula is C39H53IO3. The number of carbonyl (C=O) groups excluding carboxylic acids is 1. The van der Waals surface area contributed by atoms with Crippen LogP contribution in [-0.2, 0) is 4.79 Å². The molecule has 0 aromatic carbocycles. The first-order valence-corrected chi connectivity index (χ1v) is 16.4. The van der Waals surface area contributed by atoms with Gasteiger partial charge in [0.15, 0.2) is 5.78 Å². The highest BCUT2D eigenvalue weighted by Crippen LogP contribution is 2.52. The summed E-state index contributed by atoms with van der Waals surface area (Å²) in [7, 11) is 0. The Morgan fingerprint density at radius 2 is 1.19 bits per heavy atom. The van der Waals surface area contributed by atoms with Gasteiger partial charge in [-0.25, -0.2) is 0 Å². The van der Waals surface area contributed by atoms with Gasteiger partial charge < -0.3 is 10.2 Å². The van der Waals surface area contributed by atoms with E-state index in [2.05, 4.69) is 121 Å². The zero-order chi connectivity index (χ0) is 32.4. The molecule has 0 aromatic heterocycles. The lowest BCUT2D eigenvalue weighted by Gasteiger charge is -2.35. The van der Waals surface area contributed by atoms with E-state index in [1.54, 1.807) is 6.08 Å².